The molecule has 1 aliphatic heterocycles. The number of aliphatic imine (C=N–C) groups is 1. The van der Waals surface area contributed by atoms with Crippen LogP contribution in [0.1, 0.15) is 58.3 Å². The number of nitrogens with one attached hydrogen (secondary N) is 2. The van der Waals surface area contributed by atoms with Gasteiger partial charge in [-0.2, -0.15) is 0 Å². The number of hydrogen-bond acceptors (Lipinski definition) is 4. The molecule has 0 saturated carbocycles. The molecule has 2 N–H and O–H groups in total. The molecule has 0 amide bonds. The number of hydrogen-bond donors (Lipinski definition) is 2. The van der Waals surface area contributed by atoms with Crippen LogP contribution in [-0.4, -0.2) is 67.6 Å². The Kier molecular flexibility index (Phi) is 15.0. The molecule has 7 heteroatoms. The molecule has 2 heterocycles. The summed E-state index contributed by atoms with van der Waals surface area (Å²) in [5, 5.41) is 9.23. The van der Waals surface area contributed by atoms with E-state index in [4.69, 9.17) is 4.99 Å². The Morgan fingerprint density at radius 1 is 1.27 bits per heavy atom. The van der Waals surface area contributed by atoms with Crippen LogP contribution in [0.15, 0.2) is 22.5 Å². The minimum atomic E-state index is 0. The average molecular weight is 550 g/mol. The van der Waals surface area contributed by atoms with Gasteiger partial charge in [0.15, 0.2) is 5.96 Å². The molecule has 0 aromatic carbocycles. The highest BCUT2D eigenvalue weighted by atomic mass is 127. The number of rotatable bonds is 12. The summed E-state index contributed by atoms with van der Waals surface area (Å²) in [5.41, 5.74) is 0. The first kappa shape index (κ1) is 27.7. The maximum absolute atomic E-state index is 4.92. The van der Waals surface area contributed by atoms with E-state index in [2.05, 4.69) is 65.6 Å². The molecular formula is C23H44IN5S. The van der Waals surface area contributed by atoms with Crippen molar-refractivity contribution in [3.63, 3.8) is 0 Å². The standard InChI is InChI=1S/C23H43N5S.HI/c1-5-24-23(26-20(4)10-8-14-27(6-2)7-3)25-18-21-12-15-28(16-13-21)19-22-11-9-17-29-22;/h9,11,17,20-21H,5-8,10,12-16,18-19H2,1-4H3,(H2,24,25,26);1H. The molecule has 1 unspecified atom stereocenters. The fraction of sp³-hybridized carbons (Fsp3) is 0.783. The van der Waals surface area contributed by atoms with Gasteiger partial charge in [-0.25, -0.2) is 0 Å². The van der Waals surface area contributed by atoms with Gasteiger partial charge in [0.05, 0.1) is 0 Å². The van der Waals surface area contributed by atoms with Crippen LogP contribution in [0.5, 0.6) is 0 Å². The third kappa shape index (κ3) is 10.8. The van der Waals surface area contributed by atoms with Crippen LogP contribution in [0.25, 0.3) is 0 Å². The number of guanidine groups is 1. The highest BCUT2D eigenvalue weighted by Crippen LogP contribution is 2.20. The topological polar surface area (TPSA) is 42.9 Å². The molecule has 1 fully saturated rings. The van der Waals surface area contributed by atoms with E-state index in [0.717, 1.165) is 38.7 Å². The van der Waals surface area contributed by atoms with Crippen LogP contribution < -0.4 is 10.6 Å². The Hall–Kier alpha value is -0.380. The third-order valence-corrected chi connectivity index (χ3v) is 6.77. The lowest BCUT2D eigenvalue weighted by Gasteiger charge is -2.31. The van der Waals surface area contributed by atoms with Crippen molar-refractivity contribution in [2.45, 2.75) is 66.0 Å². The molecule has 0 spiro atoms. The van der Waals surface area contributed by atoms with Crippen LogP contribution in [0.4, 0.5) is 0 Å². The largest absolute Gasteiger partial charge is 0.357 e. The maximum atomic E-state index is 4.92. The lowest BCUT2D eigenvalue weighted by Crippen LogP contribution is -2.43. The average Bonchev–Trinajstić information content (AvgIpc) is 3.24. The van der Waals surface area contributed by atoms with Gasteiger partial charge in [-0.15, -0.1) is 35.3 Å². The first-order valence-corrected chi connectivity index (χ1v) is 12.5. The first-order chi connectivity index (χ1) is 14.1. The Morgan fingerprint density at radius 2 is 2.00 bits per heavy atom. The first-order valence-electron chi connectivity index (χ1n) is 11.7. The molecule has 1 saturated heterocycles. The van der Waals surface area contributed by atoms with E-state index in [9.17, 15) is 0 Å². The highest BCUT2D eigenvalue weighted by molar-refractivity contribution is 14.0. The monoisotopic (exact) mass is 549 g/mol. The zero-order valence-corrected chi connectivity index (χ0v) is 22.7. The Labute approximate surface area is 206 Å². The number of piperidine rings is 1. The van der Waals surface area contributed by atoms with Crippen LogP contribution in [0.3, 0.4) is 0 Å². The van der Waals surface area contributed by atoms with Crippen molar-refractivity contribution in [2.24, 2.45) is 10.9 Å². The minimum absolute atomic E-state index is 0. The minimum Gasteiger partial charge on any atom is -0.357 e. The summed E-state index contributed by atoms with van der Waals surface area (Å²) in [4.78, 5) is 11.5. The van der Waals surface area contributed by atoms with E-state index in [-0.39, 0.29) is 24.0 Å². The summed E-state index contributed by atoms with van der Waals surface area (Å²) >= 11 is 1.87. The van der Waals surface area contributed by atoms with E-state index in [0.29, 0.717) is 12.0 Å². The SMILES string of the molecule is CCNC(=NCC1CCN(Cc2cccs2)CC1)NC(C)CCCN(CC)CC.I. The highest BCUT2D eigenvalue weighted by Gasteiger charge is 2.19. The van der Waals surface area contributed by atoms with Crippen molar-refractivity contribution in [1.82, 2.24) is 20.4 Å². The fourth-order valence-corrected chi connectivity index (χ4v) is 4.70. The van der Waals surface area contributed by atoms with Crippen molar-refractivity contribution in [1.29, 1.82) is 0 Å². The van der Waals surface area contributed by atoms with Crippen molar-refractivity contribution in [3.05, 3.63) is 22.4 Å². The van der Waals surface area contributed by atoms with Crippen molar-refractivity contribution >= 4 is 41.3 Å². The van der Waals surface area contributed by atoms with E-state index in [1.54, 1.807) is 0 Å². The van der Waals surface area contributed by atoms with Crippen LogP contribution in [0, 0.1) is 5.92 Å². The molecule has 174 valence electrons. The van der Waals surface area contributed by atoms with Gasteiger partial charge in [-0.3, -0.25) is 9.89 Å². The normalized spacial score (nSPS) is 17.0. The molecule has 1 aromatic heterocycles. The predicted molar refractivity (Wildman–Crippen MR) is 143 cm³/mol. The van der Waals surface area contributed by atoms with Crippen LogP contribution in [0.2, 0.25) is 0 Å². The van der Waals surface area contributed by atoms with Crippen LogP contribution in [-0.2, 0) is 6.54 Å². The van der Waals surface area contributed by atoms with Crippen molar-refractivity contribution in [3.8, 4) is 0 Å². The van der Waals surface area contributed by atoms with Crippen molar-refractivity contribution in [2.75, 3.05) is 45.8 Å². The molecule has 0 bridgehead atoms. The molecule has 1 atom stereocenters. The summed E-state index contributed by atoms with van der Waals surface area (Å²) in [5.74, 6) is 1.70. The maximum Gasteiger partial charge on any atom is 0.191 e. The smallest absolute Gasteiger partial charge is 0.191 e. The fourth-order valence-electron chi connectivity index (χ4n) is 3.96. The van der Waals surface area contributed by atoms with Gasteiger partial charge >= 0.3 is 0 Å². The molecule has 2 rings (SSSR count). The second-order valence-corrected chi connectivity index (χ2v) is 9.27. The molecule has 0 radical (unpaired) electrons. The summed E-state index contributed by atoms with van der Waals surface area (Å²) in [6.07, 6.45) is 4.93. The molecule has 5 nitrogen and oxygen atoms in total. The van der Waals surface area contributed by atoms with E-state index >= 15 is 0 Å². The van der Waals surface area contributed by atoms with Gasteiger partial charge in [0.25, 0.3) is 0 Å². The third-order valence-electron chi connectivity index (χ3n) is 5.91. The van der Waals surface area contributed by atoms with Crippen molar-refractivity contribution < 1.29 is 0 Å². The van der Waals surface area contributed by atoms with Crippen LogP contribution >= 0.6 is 35.3 Å². The predicted octanol–water partition coefficient (Wildman–Crippen LogP) is 4.64. The molecule has 30 heavy (non-hydrogen) atoms. The number of likely N-dealkylation sites (tertiary alicyclic amines) is 1. The quantitative estimate of drug-likeness (QED) is 0.227. The molecule has 0 aliphatic carbocycles. The Bertz CT molecular complexity index is 554. The van der Waals surface area contributed by atoms with Gasteiger partial charge in [0.1, 0.15) is 0 Å². The molecule has 1 aliphatic rings. The lowest BCUT2D eigenvalue weighted by molar-refractivity contribution is 0.182. The van der Waals surface area contributed by atoms with Gasteiger partial charge in [0.2, 0.25) is 0 Å². The second kappa shape index (κ2) is 16.3. The van der Waals surface area contributed by atoms with Gasteiger partial charge in [0, 0.05) is 30.6 Å². The number of thiophene rings is 1. The zero-order chi connectivity index (χ0) is 20.9. The van der Waals surface area contributed by atoms with E-state index in [1.807, 2.05) is 11.3 Å². The Balaban J connectivity index is 0.00000450. The van der Waals surface area contributed by atoms with E-state index < -0.39 is 0 Å². The summed E-state index contributed by atoms with van der Waals surface area (Å²) in [7, 11) is 0. The Morgan fingerprint density at radius 3 is 2.60 bits per heavy atom. The summed E-state index contributed by atoms with van der Waals surface area (Å²) < 4.78 is 0. The summed E-state index contributed by atoms with van der Waals surface area (Å²) in [6.45, 7) is 17.8. The number of nitrogens with zero attached hydrogens (tertiary/aromatic N) is 3. The number of halogens is 1. The molecular weight excluding hydrogens is 505 g/mol. The van der Waals surface area contributed by atoms with Gasteiger partial charge in [-0.1, -0.05) is 19.9 Å². The summed E-state index contributed by atoms with van der Waals surface area (Å²) in [6, 6.07) is 4.86. The van der Waals surface area contributed by atoms with E-state index in [1.165, 1.54) is 50.2 Å². The van der Waals surface area contributed by atoms with Gasteiger partial charge < -0.3 is 15.5 Å². The van der Waals surface area contributed by atoms with Gasteiger partial charge in [-0.05, 0) is 89.6 Å². The lowest BCUT2D eigenvalue weighted by atomic mass is 9.97. The second-order valence-electron chi connectivity index (χ2n) is 8.23. The molecule has 1 aromatic rings. The zero-order valence-electron chi connectivity index (χ0n) is 19.5.